The van der Waals surface area contributed by atoms with Gasteiger partial charge in [0.05, 0.1) is 60.0 Å². The van der Waals surface area contributed by atoms with Crippen molar-refractivity contribution in [3.8, 4) is 11.4 Å². The average molecular weight is 592 g/mol. The monoisotopic (exact) mass is 591 g/mol. The third-order valence-electron chi connectivity index (χ3n) is 8.83. The van der Waals surface area contributed by atoms with Crippen molar-refractivity contribution in [1.29, 1.82) is 0 Å². The van der Waals surface area contributed by atoms with Gasteiger partial charge in [-0.25, -0.2) is 9.37 Å². The Kier molecular flexibility index (Phi) is 7.51. The molecule has 4 heterocycles. The predicted octanol–water partition coefficient (Wildman–Crippen LogP) is 2.35. The van der Waals surface area contributed by atoms with Gasteiger partial charge in [-0.2, -0.15) is 0 Å². The van der Waals surface area contributed by atoms with E-state index >= 15 is 4.39 Å². The molecule has 0 unspecified atom stereocenters. The number of nitrogens with one attached hydrogen (secondary N) is 2. The van der Waals surface area contributed by atoms with Crippen molar-refractivity contribution in [3.63, 3.8) is 0 Å². The molecule has 3 aromatic rings. The van der Waals surface area contributed by atoms with Crippen LogP contribution in [0.15, 0.2) is 16.9 Å². The highest BCUT2D eigenvalue weighted by molar-refractivity contribution is 5.93. The van der Waals surface area contributed by atoms with Crippen LogP contribution >= 0.6 is 0 Å². The zero-order valence-electron chi connectivity index (χ0n) is 24.3. The highest BCUT2D eigenvalue weighted by Gasteiger charge is 2.37. The molecule has 0 spiro atoms. The quantitative estimate of drug-likeness (QED) is 0.208. The van der Waals surface area contributed by atoms with Gasteiger partial charge >= 0.3 is 5.97 Å². The van der Waals surface area contributed by atoms with Gasteiger partial charge in [0.2, 0.25) is 11.8 Å². The SMILES string of the molecule is CC[C@H]1C(=O)OCc2c1cc1n(c2=O)Cc2c-1nc1cc(F)c(C)c3c1c2[C@@H](NC(=O)C[C@H](C)OCNC(=O)CN)CC3. The Hall–Kier alpha value is -4.16. The van der Waals surface area contributed by atoms with Gasteiger partial charge in [-0.05, 0) is 61.4 Å². The molecule has 3 aliphatic rings. The summed E-state index contributed by atoms with van der Waals surface area (Å²) in [6.07, 6.45) is 1.16. The molecule has 226 valence electrons. The molecular formula is C31H34FN5O6. The molecule has 0 fully saturated rings. The largest absolute Gasteiger partial charge is 0.460 e. The van der Waals surface area contributed by atoms with Crippen molar-refractivity contribution in [3.05, 3.63) is 61.7 Å². The second kappa shape index (κ2) is 11.2. The number of ether oxygens (including phenoxy) is 2. The number of nitrogens with two attached hydrogens (primary N) is 1. The highest BCUT2D eigenvalue weighted by atomic mass is 19.1. The number of halogens is 1. The van der Waals surface area contributed by atoms with Crippen molar-refractivity contribution >= 4 is 28.7 Å². The molecule has 2 amide bonds. The number of aryl methyl sites for hydroxylation is 1. The van der Waals surface area contributed by atoms with E-state index in [0.29, 0.717) is 52.9 Å². The van der Waals surface area contributed by atoms with E-state index in [1.807, 2.05) is 13.0 Å². The first kappa shape index (κ1) is 28.9. The molecule has 2 aromatic heterocycles. The number of amides is 2. The van der Waals surface area contributed by atoms with E-state index in [1.165, 1.54) is 6.07 Å². The predicted molar refractivity (Wildman–Crippen MR) is 154 cm³/mol. The van der Waals surface area contributed by atoms with Crippen LogP contribution in [0, 0.1) is 12.7 Å². The first-order valence-electron chi connectivity index (χ1n) is 14.6. The van der Waals surface area contributed by atoms with Gasteiger partial charge in [0.15, 0.2) is 0 Å². The smallest absolute Gasteiger partial charge is 0.313 e. The molecule has 1 aromatic carbocycles. The van der Waals surface area contributed by atoms with Crippen LogP contribution in [0.4, 0.5) is 4.39 Å². The number of carbonyl (C=O) groups excluding carboxylic acids is 3. The van der Waals surface area contributed by atoms with Crippen LogP contribution in [-0.2, 0) is 43.4 Å². The Bertz CT molecular complexity index is 1750. The normalized spacial score (nSPS) is 18.9. The lowest BCUT2D eigenvalue weighted by molar-refractivity contribution is -0.148. The Balaban J connectivity index is 1.40. The zero-order chi connectivity index (χ0) is 30.6. The lowest BCUT2D eigenvalue weighted by atomic mass is 9.81. The second-order valence-electron chi connectivity index (χ2n) is 11.4. The Labute approximate surface area is 246 Å². The summed E-state index contributed by atoms with van der Waals surface area (Å²) in [6, 6.07) is 2.87. The number of hydrogen-bond acceptors (Lipinski definition) is 8. The number of rotatable bonds is 8. The van der Waals surface area contributed by atoms with Crippen LogP contribution in [0.3, 0.4) is 0 Å². The summed E-state index contributed by atoms with van der Waals surface area (Å²) < 4.78 is 27.6. The van der Waals surface area contributed by atoms with Crippen molar-refractivity contribution < 1.29 is 28.2 Å². The molecule has 12 heteroatoms. The maximum absolute atomic E-state index is 15.1. The van der Waals surface area contributed by atoms with Gasteiger partial charge in [0, 0.05) is 17.0 Å². The number of nitrogens with zero attached hydrogens (tertiary/aromatic N) is 2. The standard InChI is InChI=1S/C31H34FN5O6/c1-4-16-18-8-24-29-19(11-37(24)30(40)20(18)12-42-31(16)41)28-22(35-25(38)7-14(2)43-13-34-26(39)10-33)6-5-17-15(3)21(32)9-23(36-29)27(17)28/h8-9,14,16,22H,4-7,10-13,33H2,1-3H3,(H,34,39)(H,35,38)/t14-,16+,22-/m0/s1. The van der Waals surface area contributed by atoms with Gasteiger partial charge in [0.25, 0.3) is 5.56 Å². The number of carbonyl (C=O) groups is 3. The van der Waals surface area contributed by atoms with Gasteiger partial charge in [0.1, 0.15) is 19.2 Å². The molecule has 2 aliphatic heterocycles. The molecule has 0 radical (unpaired) electrons. The van der Waals surface area contributed by atoms with Crippen LogP contribution in [-0.4, -0.2) is 46.7 Å². The molecule has 6 rings (SSSR count). The fourth-order valence-corrected chi connectivity index (χ4v) is 6.63. The zero-order valence-corrected chi connectivity index (χ0v) is 24.3. The maximum Gasteiger partial charge on any atom is 0.313 e. The summed E-state index contributed by atoms with van der Waals surface area (Å²) in [5.41, 5.74) is 10.8. The molecule has 0 bridgehead atoms. The fraction of sp³-hybridized carbons (Fsp3) is 0.452. The number of benzene rings is 1. The van der Waals surface area contributed by atoms with E-state index in [2.05, 4.69) is 10.6 Å². The van der Waals surface area contributed by atoms with Crippen LogP contribution in [0.5, 0.6) is 0 Å². The van der Waals surface area contributed by atoms with Gasteiger partial charge < -0.3 is 30.4 Å². The van der Waals surface area contributed by atoms with Crippen LogP contribution in [0.25, 0.3) is 22.3 Å². The van der Waals surface area contributed by atoms with E-state index in [4.69, 9.17) is 20.2 Å². The van der Waals surface area contributed by atoms with Crippen molar-refractivity contribution in [2.24, 2.45) is 5.73 Å². The van der Waals surface area contributed by atoms with Crippen molar-refractivity contribution in [1.82, 2.24) is 20.2 Å². The minimum Gasteiger partial charge on any atom is -0.460 e. The van der Waals surface area contributed by atoms with Crippen molar-refractivity contribution in [2.45, 2.75) is 77.7 Å². The molecule has 1 aliphatic carbocycles. The van der Waals surface area contributed by atoms with Crippen LogP contribution in [0.2, 0.25) is 0 Å². The number of fused-ring (bicyclic) bond motifs is 5. The molecule has 3 atom stereocenters. The van der Waals surface area contributed by atoms with Gasteiger partial charge in [-0.15, -0.1) is 0 Å². The number of hydrogen-bond donors (Lipinski definition) is 3. The van der Waals surface area contributed by atoms with Crippen LogP contribution < -0.4 is 21.9 Å². The van der Waals surface area contributed by atoms with Gasteiger partial charge in [-0.3, -0.25) is 19.2 Å². The average Bonchev–Trinajstić information content (AvgIpc) is 3.34. The lowest BCUT2D eigenvalue weighted by Crippen LogP contribution is -2.36. The third-order valence-corrected chi connectivity index (χ3v) is 8.83. The summed E-state index contributed by atoms with van der Waals surface area (Å²) in [4.78, 5) is 55.7. The fourth-order valence-electron chi connectivity index (χ4n) is 6.63. The summed E-state index contributed by atoms with van der Waals surface area (Å²) in [5.74, 6) is -1.86. The Morgan fingerprint density at radius 1 is 1.23 bits per heavy atom. The van der Waals surface area contributed by atoms with Gasteiger partial charge in [-0.1, -0.05) is 6.92 Å². The second-order valence-corrected chi connectivity index (χ2v) is 11.4. The third kappa shape index (κ3) is 4.88. The number of aromatic nitrogens is 2. The van der Waals surface area contributed by atoms with E-state index in [9.17, 15) is 19.2 Å². The Morgan fingerprint density at radius 2 is 2.02 bits per heavy atom. The topological polar surface area (TPSA) is 155 Å². The maximum atomic E-state index is 15.1. The molecule has 43 heavy (non-hydrogen) atoms. The Morgan fingerprint density at radius 3 is 2.77 bits per heavy atom. The van der Waals surface area contributed by atoms with E-state index in [1.54, 1.807) is 18.4 Å². The molecule has 0 saturated carbocycles. The number of cyclic esters (lactones) is 1. The molecule has 4 N–H and O–H groups in total. The molecular weight excluding hydrogens is 557 g/mol. The minimum atomic E-state index is -0.545. The van der Waals surface area contributed by atoms with E-state index < -0.39 is 18.1 Å². The summed E-state index contributed by atoms with van der Waals surface area (Å²) in [6.45, 7) is 5.31. The minimum absolute atomic E-state index is 0.0551. The summed E-state index contributed by atoms with van der Waals surface area (Å²) in [5, 5.41) is 6.46. The first-order chi connectivity index (χ1) is 20.6. The number of pyridine rings is 2. The molecule has 11 nitrogen and oxygen atoms in total. The highest BCUT2D eigenvalue weighted by Crippen LogP contribution is 2.45. The molecule has 0 saturated heterocycles. The van der Waals surface area contributed by atoms with E-state index in [-0.39, 0.29) is 62.0 Å². The van der Waals surface area contributed by atoms with Crippen LogP contribution in [0.1, 0.15) is 78.5 Å². The lowest BCUT2D eigenvalue weighted by Gasteiger charge is -2.30. The summed E-state index contributed by atoms with van der Waals surface area (Å²) in [7, 11) is 0. The van der Waals surface area contributed by atoms with E-state index in [0.717, 1.165) is 22.1 Å². The summed E-state index contributed by atoms with van der Waals surface area (Å²) >= 11 is 0. The first-order valence-corrected chi connectivity index (χ1v) is 14.6. The number of esters is 1. The van der Waals surface area contributed by atoms with Crippen molar-refractivity contribution in [2.75, 3.05) is 13.3 Å².